The Balaban J connectivity index is 1.42. The fraction of sp³-hybridized carbons (Fsp3) is 0.955. The molecule has 0 bridgehead atoms. The third-order valence-corrected chi connectivity index (χ3v) is 7.09. The van der Waals surface area contributed by atoms with Crippen molar-refractivity contribution in [2.45, 2.75) is 90.6 Å². The van der Waals surface area contributed by atoms with E-state index in [0.29, 0.717) is 18.5 Å². The van der Waals surface area contributed by atoms with Gasteiger partial charge in [0.1, 0.15) is 0 Å². The zero-order valence-corrected chi connectivity index (χ0v) is 17.4. The zero-order valence-electron chi connectivity index (χ0n) is 17.4. The zero-order chi connectivity index (χ0) is 18.6. The standard InChI is InChI=1S/C22H41N3O/c1-22(2,3)19-11-7-8-12-20(19)23-21(26)17-24-13-15-25(16-14-24)18-9-5-4-6-10-18/h18-20H,4-17H2,1-3H3,(H,23,26)/t19-,20+/m0/s1. The minimum absolute atomic E-state index is 0.247. The molecule has 0 aromatic carbocycles. The molecule has 0 aromatic heterocycles. The van der Waals surface area contributed by atoms with Crippen LogP contribution in [0.1, 0.15) is 78.6 Å². The maximum Gasteiger partial charge on any atom is 0.234 e. The molecular formula is C22H41N3O. The second-order valence-electron chi connectivity index (χ2n) is 10.0. The van der Waals surface area contributed by atoms with E-state index in [4.69, 9.17) is 0 Å². The number of nitrogens with zero attached hydrogens (tertiary/aromatic N) is 2. The smallest absolute Gasteiger partial charge is 0.234 e. The molecule has 3 aliphatic rings. The molecule has 4 heteroatoms. The van der Waals surface area contributed by atoms with Gasteiger partial charge >= 0.3 is 0 Å². The highest BCUT2D eigenvalue weighted by atomic mass is 16.2. The van der Waals surface area contributed by atoms with Crippen LogP contribution in [-0.2, 0) is 4.79 Å². The summed E-state index contributed by atoms with van der Waals surface area (Å²) in [5.74, 6) is 0.862. The lowest BCUT2D eigenvalue weighted by Crippen LogP contribution is -2.54. The minimum atomic E-state index is 0.247. The summed E-state index contributed by atoms with van der Waals surface area (Å²) in [5, 5.41) is 3.40. The summed E-state index contributed by atoms with van der Waals surface area (Å²) in [5.41, 5.74) is 0.282. The monoisotopic (exact) mass is 363 g/mol. The SMILES string of the molecule is CC(C)(C)[C@H]1CCCC[C@H]1NC(=O)CN1CCN(C2CCCCC2)CC1. The Kier molecular flexibility index (Phi) is 7.01. The molecule has 0 unspecified atom stereocenters. The normalized spacial score (nSPS) is 30.3. The van der Waals surface area contributed by atoms with Crippen LogP contribution in [-0.4, -0.2) is 60.5 Å². The third kappa shape index (κ3) is 5.45. The Hall–Kier alpha value is -0.610. The summed E-state index contributed by atoms with van der Waals surface area (Å²) >= 11 is 0. The van der Waals surface area contributed by atoms with E-state index in [9.17, 15) is 4.79 Å². The molecule has 2 atom stereocenters. The van der Waals surface area contributed by atoms with Crippen molar-refractivity contribution in [1.82, 2.24) is 15.1 Å². The van der Waals surface area contributed by atoms with Crippen molar-refractivity contribution in [1.29, 1.82) is 0 Å². The van der Waals surface area contributed by atoms with Crippen LogP contribution in [0.3, 0.4) is 0 Å². The Morgan fingerprint density at radius 1 is 0.885 bits per heavy atom. The molecule has 150 valence electrons. The Morgan fingerprint density at radius 3 is 2.15 bits per heavy atom. The van der Waals surface area contributed by atoms with Gasteiger partial charge in [-0.1, -0.05) is 52.9 Å². The Bertz CT molecular complexity index is 445. The average Bonchev–Trinajstić information content (AvgIpc) is 2.62. The molecule has 2 aliphatic carbocycles. The lowest BCUT2D eigenvalue weighted by Gasteiger charge is -2.42. The van der Waals surface area contributed by atoms with Gasteiger partial charge in [0.25, 0.3) is 0 Å². The molecular weight excluding hydrogens is 322 g/mol. The number of carbonyl (C=O) groups is 1. The summed E-state index contributed by atoms with van der Waals surface area (Å²) < 4.78 is 0. The van der Waals surface area contributed by atoms with Crippen LogP contribution in [0.15, 0.2) is 0 Å². The molecule has 0 aromatic rings. The van der Waals surface area contributed by atoms with E-state index >= 15 is 0 Å². The number of nitrogens with one attached hydrogen (secondary N) is 1. The van der Waals surface area contributed by atoms with Crippen molar-refractivity contribution >= 4 is 5.91 Å². The number of piperazine rings is 1. The first kappa shape index (κ1) is 20.1. The molecule has 4 nitrogen and oxygen atoms in total. The first-order valence-electron chi connectivity index (χ1n) is 11.2. The van der Waals surface area contributed by atoms with Crippen molar-refractivity contribution in [2.24, 2.45) is 11.3 Å². The van der Waals surface area contributed by atoms with E-state index in [-0.39, 0.29) is 11.3 Å². The van der Waals surface area contributed by atoms with Gasteiger partial charge < -0.3 is 5.32 Å². The fourth-order valence-electron chi connectivity index (χ4n) is 5.53. The predicted octanol–water partition coefficient (Wildman–Crippen LogP) is 3.66. The second-order valence-corrected chi connectivity index (χ2v) is 10.0. The Labute approximate surface area is 161 Å². The number of rotatable bonds is 4. The molecule has 0 radical (unpaired) electrons. The van der Waals surface area contributed by atoms with Crippen LogP contribution in [0.5, 0.6) is 0 Å². The highest BCUT2D eigenvalue weighted by molar-refractivity contribution is 5.78. The third-order valence-electron chi connectivity index (χ3n) is 7.09. The van der Waals surface area contributed by atoms with Gasteiger partial charge in [-0.25, -0.2) is 0 Å². The van der Waals surface area contributed by atoms with Gasteiger partial charge in [0.2, 0.25) is 5.91 Å². The van der Waals surface area contributed by atoms with E-state index in [1.807, 2.05) is 0 Å². The van der Waals surface area contributed by atoms with Gasteiger partial charge in [-0.2, -0.15) is 0 Å². The molecule has 3 rings (SSSR count). The molecule has 1 amide bonds. The summed E-state index contributed by atoms with van der Waals surface area (Å²) in [4.78, 5) is 17.7. The van der Waals surface area contributed by atoms with E-state index in [1.165, 1.54) is 51.4 Å². The van der Waals surface area contributed by atoms with Crippen molar-refractivity contribution in [3.63, 3.8) is 0 Å². The molecule has 1 heterocycles. The van der Waals surface area contributed by atoms with Gasteiger partial charge in [0.05, 0.1) is 6.54 Å². The first-order chi connectivity index (χ1) is 12.4. The Morgan fingerprint density at radius 2 is 1.50 bits per heavy atom. The summed E-state index contributed by atoms with van der Waals surface area (Å²) in [7, 11) is 0. The quantitative estimate of drug-likeness (QED) is 0.828. The average molecular weight is 364 g/mol. The predicted molar refractivity (Wildman–Crippen MR) is 108 cm³/mol. The van der Waals surface area contributed by atoms with Crippen LogP contribution >= 0.6 is 0 Å². The van der Waals surface area contributed by atoms with E-state index in [0.717, 1.165) is 38.6 Å². The molecule has 1 aliphatic heterocycles. The lowest BCUT2D eigenvalue weighted by atomic mass is 9.69. The summed E-state index contributed by atoms with van der Waals surface area (Å²) in [6.07, 6.45) is 12.0. The van der Waals surface area contributed by atoms with Gasteiger partial charge in [0.15, 0.2) is 0 Å². The van der Waals surface area contributed by atoms with E-state index < -0.39 is 0 Å². The number of hydrogen-bond donors (Lipinski definition) is 1. The second kappa shape index (κ2) is 9.05. The highest BCUT2D eigenvalue weighted by Crippen LogP contribution is 2.38. The van der Waals surface area contributed by atoms with Crippen molar-refractivity contribution in [3.05, 3.63) is 0 Å². The van der Waals surface area contributed by atoms with Gasteiger partial charge in [-0.05, 0) is 37.0 Å². The molecule has 26 heavy (non-hydrogen) atoms. The van der Waals surface area contributed by atoms with Crippen LogP contribution < -0.4 is 5.32 Å². The van der Waals surface area contributed by atoms with Crippen molar-refractivity contribution < 1.29 is 4.79 Å². The maximum absolute atomic E-state index is 12.7. The van der Waals surface area contributed by atoms with Gasteiger partial charge in [-0.3, -0.25) is 14.6 Å². The fourth-order valence-corrected chi connectivity index (χ4v) is 5.53. The topological polar surface area (TPSA) is 35.6 Å². The van der Waals surface area contributed by atoms with E-state index in [1.54, 1.807) is 0 Å². The largest absolute Gasteiger partial charge is 0.352 e. The number of carbonyl (C=O) groups excluding carboxylic acids is 1. The molecule has 2 saturated carbocycles. The number of amides is 1. The molecule has 3 fully saturated rings. The maximum atomic E-state index is 12.7. The molecule has 1 N–H and O–H groups in total. The van der Waals surface area contributed by atoms with Crippen LogP contribution in [0.2, 0.25) is 0 Å². The first-order valence-corrected chi connectivity index (χ1v) is 11.2. The van der Waals surface area contributed by atoms with Gasteiger partial charge in [-0.15, -0.1) is 0 Å². The minimum Gasteiger partial charge on any atom is -0.352 e. The van der Waals surface area contributed by atoms with Crippen LogP contribution in [0, 0.1) is 11.3 Å². The summed E-state index contributed by atoms with van der Waals surface area (Å²) in [6.45, 7) is 12.0. The van der Waals surface area contributed by atoms with Crippen LogP contribution in [0.4, 0.5) is 0 Å². The highest BCUT2D eigenvalue weighted by Gasteiger charge is 2.35. The molecule has 0 spiro atoms. The van der Waals surface area contributed by atoms with E-state index in [2.05, 4.69) is 35.9 Å². The summed E-state index contributed by atoms with van der Waals surface area (Å²) in [6, 6.07) is 1.19. The lowest BCUT2D eigenvalue weighted by molar-refractivity contribution is -0.124. The van der Waals surface area contributed by atoms with Gasteiger partial charge in [0, 0.05) is 38.3 Å². The van der Waals surface area contributed by atoms with Crippen LogP contribution in [0.25, 0.3) is 0 Å². The number of hydrogen-bond acceptors (Lipinski definition) is 3. The van der Waals surface area contributed by atoms with Crippen molar-refractivity contribution in [2.75, 3.05) is 32.7 Å². The molecule has 1 saturated heterocycles. The van der Waals surface area contributed by atoms with Crippen molar-refractivity contribution in [3.8, 4) is 0 Å².